The molecule has 0 fully saturated rings. The summed E-state index contributed by atoms with van der Waals surface area (Å²) in [5.74, 6) is -0.868. The molecule has 1 N–H and O–H groups in total. The first-order valence-corrected chi connectivity index (χ1v) is 3.56. The van der Waals surface area contributed by atoms with Crippen LogP contribution in [0, 0.1) is 0 Å². The standard InChI is InChI=1S/C9H10O2.Al.3H/c1-2-7-3-5-8(6-4-7)9(10)11;;;;/h3-6H,2H2,1H3,(H,10,11);;;;. The Morgan fingerprint density at radius 2 is 1.83 bits per heavy atom. The van der Waals surface area contributed by atoms with E-state index >= 15 is 0 Å². The molecule has 1 aromatic rings. The van der Waals surface area contributed by atoms with Crippen LogP contribution in [0.15, 0.2) is 24.3 Å². The summed E-state index contributed by atoms with van der Waals surface area (Å²) in [6, 6.07) is 6.93. The van der Waals surface area contributed by atoms with Crippen molar-refractivity contribution in [1.82, 2.24) is 0 Å². The molecule has 0 aliphatic carbocycles. The third kappa shape index (κ3) is 2.69. The van der Waals surface area contributed by atoms with Gasteiger partial charge in [0.05, 0.1) is 5.56 Å². The van der Waals surface area contributed by atoms with Gasteiger partial charge in [0.25, 0.3) is 0 Å². The SMILES string of the molecule is CCc1ccc(C(=O)O)cc1.[AlH3]. The highest BCUT2D eigenvalue weighted by Gasteiger charge is 1.99. The molecule has 2 nitrogen and oxygen atoms in total. The van der Waals surface area contributed by atoms with E-state index < -0.39 is 5.97 Å². The molecule has 0 atom stereocenters. The lowest BCUT2D eigenvalue weighted by atomic mass is 10.1. The summed E-state index contributed by atoms with van der Waals surface area (Å²) in [5, 5.41) is 8.55. The molecule has 0 aromatic heterocycles. The highest BCUT2D eigenvalue weighted by molar-refractivity contribution is 5.87. The summed E-state index contributed by atoms with van der Waals surface area (Å²) >= 11 is 0. The van der Waals surface area contributed by atoms with Crippen LogP contribution in [0.2, 0.25) is 0 Å². The fourth-order valence-electron chi connectivity index (χ4n) is 0.883. The maximum atomic E-state index is 10.4. The van der Waals surface area contributed by atoms with Crippen molar-refractivity contribution in [2.75, 3.05) is 0 Å². The second-order valence-electron chi connectivity index (χ2n) is 2.36. The Hall–Kier alpha value is -0.778. The fraction of sp³-hybridized carbons (Fsp3) is 0.222. The van der Waals surface area contributed by atoms with Crippen LogP contribution in [0.3, 0.4) is 0 Å². The van der Waals surface area contributed by atoms with Gasteiger partial charge < -0.3 is 5.11 Å². The van der Waals surface area contributed by atoms with Crippen LogP contribution in [-0.2, 0) is 6.42 Å². The second kappa shape index (κ2) is 4.97. The summed E-state index contributed by atoms with van der Waals surface area (Å²) in [6.45, 7) is 2.04. The van der Waals surface area contributed by atoms with Crippen LogP contribution in [0.5, 0.6) is 0 Å². The summed E-state index contributed by atoms with van der Waals surface area (Å²) in [7, 11) is 0. The van der Waals surface area contributed by atoms with Gasteiger partial charge in [-0.1, -0.05) is 19.1 Å². The van der Waals surface area contributed by atoms with Crippen LogP contribution in [0.4, 0.5) is 0 Å². The number of aryl methyl sites for hydroxylation is 1. The number of hydrogen-bond donors (Lipinski definition) is 1. The Morgan fingerprint density at radius 3 is 2.17 bits per heavy atom. The zero-order valence-corrected chi connectivity index (χ0v) is 6.37. The van der Waals surface area contributed by atoms with Crippen molar-refractivity contribution in [2.24, 2.45) is 0 Å². The number of benzene rings is 1. The lowest BCUT2D eigenvalue weighted by molar-refractivity contribution is 0.0697. The first kappa shape index (κ1) is 11.2. The smallest absolute Gasteiger partial charge is 0.335 e. The van der Waals surface area contributed by atoms with Crippen molar-refractivity contribution >= 4 is 23.3 Å². The van der Waals surface area contributed by atoms with Gasteiger partial charge in [0, 0.05) is 0 Å². The van der Waals surface area contributed by atoms with Crippen LogP contribution in [0.25, 0.3) is 0 Å². The quantitative estimate of drug-likeness (QED) is 0.682. The maximum Gasteiger partial charge on any atom is 0.335 e. The van der Waals surface area contributed by atoms with Crippen molar-refractivity contribution in [3.8, 4) is 0 Å². The van der Waals surface area contributed by atoms with E-state index in [-0.39, 0.29) is 17.4 Å². The number of hydrogen-bond acceptors (Lipinski definition) is 1. The Labute approximate surface area is 82.4 Å². The molecule has 0 spiro atoms. The predicted molar refractivity (Wildman–Crippen MR) is 52.7 cm³/mol. The van der Waals surface area contributed by atoms with Crippen molar-refractivity contribution in [3.05, 3.63) is 35.4 Å². The second-order valence-corrected chi connectivity index (χ2v) is 2.36. The van der Waals surface area contributed by atoms with Gasteiger partial charge in [0.15, 0.2) is 17.4 Å². The molecule has 0 saturated heterocycles. The van der Waals surface area contributed by atoms with Gasteiger partial charge in [0.1, 0.15) is 0 Å². The predicted octanol–water partition coefficient (Wildman–Crippen LogP) is 0.763. The third-order valence-corrected chi connectivity index (χ3v) is 1.61. The number of carbonyl (C=O) groups is 1. The number of rotatable bonds is 2. The van der Waals surface area contributed by atoms with Crippen LogP contribution in [-0.4, -0.2) is 28.4 Å². The Bertz CT molecular complexity index is 254. The van der Waals surface area contributed by atoms with Gasteiger partial charge in [-0.05, 0) is 24.1 Å². The molecule has 12 heavy (non-hydrogen) atoms. The third-order valence-electron chi connectivity index (χ3n) is 1.61. The Kier molecular flexibility index (Phi) is 4.65. The molecule has 0 aliphatic rings. The highest BCUT2D eigenvalue weighted by Crippen LogP contribution is 2.04. The van der Waals surface area contributed by atoms with E-state index in [0.29, 0.717) is 5.56 Å². The van der Waals surface area contributed by atoms with Gasteiger partial charge >= 0.3 is 5.97 Å². The van der Waals surface area contributed by atoms with Gasteiger partial charge in [-0.15, -0.1) is 0 Å². The molecule has 0 unspecified atom stereocenters. The Balaban J connectivity index is 0.00000121. The van der Waals surface area contributed by atoms with Gasteiger partial charge in [0.2, 0.25) is 0 Å². The zero-order valence-electron chi connectivity index (χ0n) is 6.37. The summed E-state index contributed by atoms with van der Waals surface area (Å²) in [4.78, 5) is 10.4. The average molecular weight is 180 g/mol. The zero-order chi connectivity index (χ0) is 8.27. The van der Waals surface area contributed by atoms with Crippen LogP contribution in [0.1, 0.15) is 22.8 Å². The molecular weight excluding hydrogens is 167 g/mol. The van der Waals surface area contributed by atoms with Gasteiger partial charge in [-0.3, -0.25) is 0 Å². The molecule has 3 heteroatoms. The first-order valence-electron chi connectivity index (χ1n) is 3.56. The molecule has 0 saturated carbocycles. The summed E-state index contributed by atoms with van der Waals surface area (Å²) in [6.07, 6.45) is 0.944. The lowest BCUT2D eigenvalue weighted by Gasteiger charge is -1.96. The number of carboxylic acids is 1. The molecular formula is C9H13AlO2. The van der Waals surface area contributed by atoms with E-state index in [1.54, 1.807) is 12.1 Å². The van der Waals surface area contributed by atoms with E-state index in [1.165, 1.54) is 0 Å². The molecule has 0 heterocycles. The minimum Gasteiger partial charge on any atom is -0.478 e. The molecule has 0 bridgehead atoms. The summed E-state index contributed by atoms with van der Waals surface area (Å²) < 4.78 is 0. The average Bonchev–Trinajstić information content (AvgIpc) is 2.05. The van der Waals surface area contributed by atoms with Crippen molar-refractivity contribution in [3.63, 3.8) is 0 Å². The highest BCUT2D eigenvalue weighted by atomic mass is 27.0. The van der Waals surface area contributed by atoms with Gasteiger partial charge in [-0.25, -0.2) is 4.79 Å². The largest absolute Gasteiger partial charge is 0.478 e. The lowest BCUT2D eigenvalue weighted by Crippen LogP contribution is -1.95. The molecule has 0 radical (unpaired) electrons. The number of carboxylic acid groups (broad SMARTS) is 1. The van der Waals surface area contributed by atoms with Crippen LogP contribution < -0.4 is 0 Å². The Morgan fingerprint density at radius 1 is 1.33 bits per heavy atom. The van der Waals surface area contributed by atoms with Gasteiger partial charge in [-0.2, -0.15) is 0 Å². The van der Waals surface area contributed by atoms with Crippen molar-refractivity contribution < 1.29 is 9.90 Å². The monoisotopic (exact) mass is 180 g/mol. The fourth-order valence-corrected chi connectivity index (χ4v) is 0.883. The van der Waals surface area contributed by atoms with E-state index in [9.17, 15) is 4.79 Å². The maximum absolute atomic E-state index is 10.4. The molecule has 0 amide bonds. The minimum absolute atomic E-state index is 0. The molecule has 0 aliphatic heterocycles. The molecule has 1 rings (SSSR count). The van der Waals surface area contributed by atoms with Crippen molar-refractivity contribution in [2.45, 2.75) is 13.3 Å². The molecule has 64 valence electrons. The van der Waals surface area contributed by atoms with E-state index in [4.69, 9.17) is 5.11 Å². The van der Waals surface area contributed by atoms with E-state index in [0.717, 1.165) is 12.0 Å². The number of aromatic carboxylic acids is 1. The normalized spacial score (nSPS) is 8.75. The molecule has 1 aromatic carbocycles. The van der Waals surface area contributed by atoms with E-state index in [2.05, 4.69) is 0 Å². The summed E-state index contributed by atoms with van der Waals surface area (Å²) in [5.41, 5.74) is 1.51. The first-order chi connectivity index (χ1) is 5.24. The van der Waals surface area contributed by atoms with Crippen molar-refractivity contribution in [1.29, 1.82) is 0 Å². The van der Waals surface area contributed by atoms with E-state index in [1.807, 2.05) is 19.1 Å². The topological polar surface area (TPSA) is 37.3 Å². The van der Waals surface area contributed by atoms with Crippen LogP contribution >= 0.6 is 0 Å². The minimum atomic E-state index is -0.868.